The Bertz CT molecular complexity index is 951. The molecule has 2 aromatic heterocycles. The van der Waals surface area contributed by atoms with Crippen LogP contribution in [0.1, 0.15) is 37.4 Å². The van der Waals surface area contributed by atoms with Crippen molar-refractivity contribution in [1.82, 2.24) is 20.1 Å². The fourth-order valence-corrected chi connectivity index (χ4v) is 3.74. The van der Waals surface area contributed by atoms with Crippen molar-refractivity contribution >= 4 is 17.5 Å². The van der Waals surface area contributed by atoms with Crippen molar-refractivity contribution in [3.63, 3.8) is 0 Å². The zero-order valence-electron chi connectivity index (χ0n) is 16.1. The van der Waals surface area contributed by atoms with Crippen LogP contribution in [0.5, 0.6) is 5.75 Å². The first-order valence-corrected chi connectivity index (χ1v) is 10.2. The minimum atomic E-state index is -0.194. The van der Waals surface area contributed by atoms with Crippen molar-refractivity contribution in [2.45, 2.75) is 38.3 Å². The van der Waals surface area contributed by atoms with Crippen molar-refractivity contribution in [2.24, 2.45) is 0 Å². The van der Waals surface area contributed by atoms with Crippen LogP contribution in [0.25, 0.3) is 11.3 Å². The number of pyridine rings is 1. The number of ether oxygens (including phenoxy) is 1. The van der Waals surface area contributed by atoms with Crippen molar-refractivity contribution < 1.29 is 9.53 Å². The summed E-state index contributed by atoms with van der Waals surface area (Å²) in [6.07, 6.45) is 8.32. The molecule has 3 aromatic rings. The van der Waals surface area contributed by atoms with Crippen LogP contribution < -0.4 is 10.1 Å². The maximum absolute atomic E-state index is 12.2. The maximum Gasteiger partial charge on any atom is 0.258 e. The van der Waals surface area contributed by atoms with Gasteiger partial charge in [0.05, 0.1) is 24.0 Å². The lowest BCUT2D eigenvalue weighted by Crippen LogP contribution is -2.28. The molecule has 0 bridgehead atoms. The highest BCUT2D eigenvalue weighted by atomic mass is 35.5. The first-order chi connectivity index (χ1) is 14.2. The Kier molecular flexibility index (Phi) is 6.10. The van der Waals surface area contributed by atoms with Gasteiger partial charge < -0.3 is 10.1 Å². The van der Waals surface area contributed by atoms with Gasteiger partial charge in [-0.2, -0.15) is 5.10 Å². The summed E-state index contributed by atoms with van der Waals surface area (Å²) in [6, 6.07) is 13.4. The number of rotatable bonds is 7. The molecule has 1 aliphatic carbocycles. The van der Waals surface area contributed by atoms with Gasteiger partial charge >= 0.3 is 0 Å². The van der Waals surface area contributed by atoms with Crippen LogP contribution in [0, 0.1) is 0 Å². The van der Waals surface area contributed by atoms with Gasteiger partial charge in [0.15, 0.2) is 6.61 Å². The molecule has 0 spiro atoms. The Hall–Kier alpha value is -2.86. The molecule has 0 unspecified atom stereocenters. The molecule has 0 saturated heterocycles. The van der Waals surface area contributed by atoms with Crippen LogP contribution >= 0.6 is 11.6 Å². The van der Waals surface area contributed by atoms with E-state index in [1.165, 1.54) is 12.8 Å². The summed E-state index contributed by atoms with van der Waals surface area (Å²) < 4.78 is 7.61. The number of hydrogen-bond acceptors (Lipinski definition) is 4. The predicted molar refractivity (Wildman–Crippen MR) is 112 cm³/mol. The van der Waals surface area contributed by atoms with Gasteiger partial charge in [-0.05, 0) is 55.3 Å². The Morgan fingerprint density at radius 1 is 1.14 bits per heavy atom. The Labute approximate surface area is 174 Å². The fourth-order valence-electron chi connectivity index (χ4n) is 3.62. The van der Waals surface area contributed by atoms with E-state index in [1.54, 1.807) is 36.7 Å². The number of carbonyl (C=O) groups is 1. The quantitative estimate of drug-likeness (QED) is 0.626. The molecule has 0 radical (unpaired) electrons. The van der Waals surface area contributed by atoms with E-state index >= 15 is 0 Å². The maximum atomic E-state index is 12.2. The number of aromatic nitrogens is 3. The predicted octanol–water partition coefficient (Wildman–Crippen LogP) is 4.41. The number of benzene rings is 1. The molecular formula is C22H23ClN4O2. The van der Waals surface area contributed by atoms with Crippen LogP contribution in [0.4, 0.5) is 0 Å². The van der Waals surface area contributed by atoms with E-state index in [0.717, 1.165) is 29.8 Å². The Balaban J connectivity index is 1.40. The molecule has 0 atom stereocenters. The van der Waals surface area contributed by atoms with Crippen LogP contribution in [-0.2, 0) is 11.3 Å². The summed E-state index contributed by atoms with van der Waals surface area (Å²) >= 11 is 5.85. The third-order valence-corrected chi connectivity index (χ3v) is 5.34. The molecule has 1 aromatic carbocycles. The molecule has 2 heterocycles. The van der Waals surface area contributed by atoms with E-state index < -0.39 is 0 Å². The molecule has 0 aliphatic heterocycles. The number of nitrogens with zero attached hydrogens (tertiary/aromatic N) is 3. The van der Waals surface area contributed by atoms with Gasteiger partial charge in [0.25, 0.3) is 5.91 Å². The summed E-state index contributed by atoms with van der Waals surface area (Å²) in [5, 5.41) is 8.31. The van der Waals surface area contributed by atoms with Crippen LogP contribution in [0.2, 0.25) is 5.02 Å². The Morgan fingerprint density at radius 2 is 1.86 bits per heavy atom. The molecular weight excluding hydrogens is 388 g/mol. The van der Waals surface area contributed by atoms with E-state index in [1.807, 2.05) is 18.2 Å². The summed E-state index contributed by atoms with van der Waals surface area (Å²) in [6.45, 7) is 0.308. The van der Waals surface area contributed by atoms with Crippen molar-refractivity contribution in [3.05, 3.63) is 65.6 Å². The largest absolute Gasteiger partial charge is 0.484 e. The third-order valence-electron chi connectivity index (χ3n) is 5.08. The minimum absolute atomic E-state index is 0.0534. The molecule has 1 fully saturated rings. The Morgan fingerprint density at radius 3 is 2.59 bits per heavy atom. The number of amides is 1. The molecule has 1 N–H and O–H groups in total. The van der Waals surface area contributed by atoms with E-state index in [4.69, 9.17) is 21.4 Å². The number of halogens is 1. The van der Waals surface area contributed by atoms with Crippen molar-refractivity contribution in [3.8, 4) is 17.0 Å². The second-order valence-electron chi connectivity index (χ2n) is 7.16. The SMILES string of the molecule is O=C(COc1ccc(Cl)cc1)NCc1cc(-c2ccncc2)n(C2CCCC2)n1. The molecule has 1 saturated carbocycles. The summed E-state index contributed by atoms with van der Waals surface area (Å²) in [5.74, 6) is 0.413. The fraction of sp³-hybridized carbons (Fsp3) is 0.318. The van der Waals surface area contributed by atoms with Gasteiger partial charge in [-0.1, -0.05) is 24.4 Å². The standard InChI is InChI=1S/C22H23ClN4O2/c23-17-5-7-20(8-6-17)29-15-22(28)25-14-18-13-21(16-9-11-24-12-10-16)27(26-18)19-3-1-2-4-19/h5-13,19H,1-4,14-15H2,(H,25,28). The van der Waals surface area contributed by atoms with E-state index in [9.17, 15) is 4.79 Å². The van der Waals surface area contributed by atoms with Gasteiger partial charge in [-0.25, -0.2) is 0 Å². The lowest BCUT2D eigenvalue weighted by atomic mass is 10.1. The average molecular weight is 411 g/mol. The average Bonchev–Trinajstić information content (AvgIpc) is 3.42. The molecule has 29 heavy (non-hydrogen) atoms. The first kappa shape index (κ1) is 19.5. The van der Waals surface area contributed by atoms with Gasteiger partial charge in [0.1, 0.15) is 5.75 Å². The first-order valence-electron chi connectivity index (χ1n) is 9.83. The van der Waals surface area contributed by atoms with Gasteiger partial charge in [-0.15, -0.1) is 0 Å². The second kappa shape index (κ2) is 9.09. The minimum Gasteiger partial charge on any atom is -0.484 e. The topological polar surface area (TPSA) is 69.0 Å². The van der Waals surface area contributed by atoms with Crippen LogP contribution in [0.15, 0.2) is 54.9 Å². The monoisotopic (exact) mass is 410 g/mol. The van der Waals surface area contributed by atoms with Crippen molar-refractivity contribution in [1.29, 1.82) is 0 Å². The summed E-state index contributed by atoms with van der Waals surface area (Å²) in [4.78, 5) is 16.3. The third kappa shape index (κ3) is 4.95. The second-order valence-corrected chi connectivity index (χ2v) is 7.60. The van der Waals surface area contributed by atoms with Gasteiger partial charge in [-0.3, -0.25) is 14.5 Å². The normalized spacial score (nSPS) is 14.1. The van der Waals surface area contributed by atoms with E-state index in [-0.39, 0.29) is 12.5 Å². The zero-order valence-corrected chi connectivity index (χ0v) is 16.8. The smallest absolute Gasteiger partial charge is 0.258 e. The molecule has 6 nitrogen and oxygen atoms in total. The number of carbonyl (C=O) groups excluding carboxylic acids is 1. The molecule has 1 aliphatic rings. The number of nitrogens with one attached hydrogen (secondary N) is 1. The molecule has 7 heteroatoms. The van der Waals surface area contributed by atoms with Gasteiger partial charge in [0.2, 0.25) is 0 Å². The summed E-state index contributed by atoms with van der Waals surface area (Å²) in [5.41, 5.74) is 2.99. The molecule has 150 valence electrons. The van der Waals surface area contributed by atoms with Gasteiger partial charge in [0, 0.05) is 23.0 Å². The highest BCUT2D eigenvalue weighted by Crippen LogP contribution is 2.33. The van der Waals surface area contributed by atoms with Crippen molar-refractivity contribution in [2.75, 3.05) is 6.61 Å². The zero-order chi connectivity index (χ0) is 20.1. The lowest BCUT2D eigenvalue weighted by molar-refractivity contribution is -0.123. The van der Waals surface area contributed by atoms with Crippen LogP contribution in [0.3, 0.4) is 0 Å². The highest BCUT2D eigenvalue weighted by Gasteiger charge is 2.22. The lowest BCUT2D eigenvalue weighted by Gasteiger charge is -2.14. The highest BCUT2D eigenvalue weighted by molar-refractivity contribution is 6.30. The summed E-state index contributed by atoms with van der Waals surface area (Å²) in [7, 11) is 0. The molecule has 1 amide bonds. The van der Waals surface area contributed by atoms with E-state index in [2.05, 4.69) is 15.0 Å². The van der Waals surface area contributed by atoms with Crippen LogP contribution in [-0.4, -0.2) is 27.3 Å². The molecule has 4 rings (SSSR count). The number of hydrogen-bond donors (Lipinski definition) is 1. The van der Waals surface area contributed by atoms with E-state index in [0.29, 0.717) is 23.4 Å².